The Balaban J connectivity index is 1.99. The van der Waals surface area contributed by atoms with Crippen LogP contribution >= 0.6 is 0 Å². The number of aryl methyl sites for hydroxylation is 1. The molecule has 1 heterocycles. The zero-order valence-electron chi connectivity index (χ0n) is 10.2. The molecule has 0 saturated carbocycles. The van der Waals surface area contributed by atoms with Crippen molar-refractivity contribution >= 4 is 5.69 Å². The van der Waals surface area contributed by atoms with Gasteiger partial charge in [-0.2, -0.15) is 5.26 Å². The molecule has 1 aromatic rings. The minimum Gasteiger partial charge on any atom is -0.381 e. The molecule has 3 heteroatoms. The Morgan fingerprint density at radius 3 is 3.06 bits per heavy atom. The van der Waals surface area contributed by atoms with Crippen LogP contribution in [0.25, 0.3) is 0 Å². The third kappa shape index (κ3) is 2.98. The van der Waals surface area contributed by atoms with Gasteiger partial charge in [0.15, 0.2) is 0 Å². The van der Waals surface area contributed by atoms with Crippen molar-refractivity contribution in [3.05, 3.63) is 29.3 Å². The second kappa shape index (κ2) is 5.70. The van der Waals surface area contributed by atoms with Gasteiger partial charge >= 0.3 is 0 Å². The second-order valence-electron chi connectivity index (χ2n) is 4.48. The maximum absolute atomic E-state index is 9.11. The van der Waals surface area contributed by atoms with E-state index in [9.17, 15) is 0 Å². The third-order valence-electron chi connectivity index (χ3n) is 3.18. The Hall–Kier alpha value is -1.53. The highest BCUT2D eigenvalue weighted by atomic mass is 16.5. The Morgan fingerprint density at radius 1 is 1.47 bits per heavy atom. The van der Waals surface area contributed by atoms with E-state index < -0.39 is 0 Å². The molecule has 1 unspecified atom stereocenters. The van der Waals surface area contributed by atoms with Gasteiger partial charge in [-0.15, -0.1) is 0 Å². The summed E-state index contributed by atoms with van der Waals surface area (Å²) in [7, 11) is 0. The largest absolute Gasteiger partial charge is 0.381 e. The van der Waals surface area contributed by atoms with Crippen molar-refractivity contribution < 1.29 is 4.74 Å². The van der Waals surface area contributed by atoms with Gasteiger partial charge < -0.3 is 10.1 Å². The normalized spacial score (nSPS) is 19.6. The molecule has 0 bridgehead atoms. The lowest BCUT2D eigenvalue weighted by Gasteiger charge is -2.23. The fourth-order valence-electron chi connectivity index (χ4n) is 2.16. The molecule has 1 atom stereocenters. The monoisotopic (exact) mass is 230 g/mol. The van der Waals surface area contributed by atoms with Gasteiger partial charge in [0.1, 0.15) is 6.07 Å². The van der Waals surface area contributed by atoms with Crippen LogP contribution in [0, 0.1) is 18.3 Å². The smallest absolute Gasteiger partial charge is 0.102 e. The van der Waals surface area contributed by atoms with E-state index in [1.165, 1.54) is 12.8 Å². The molecule has 0 aliphatic carbocycles. The zero-order chi connectivity index (χ0) is 12.1. The Kier molecular flexibility index (Phi) is 4.00. The third-order valence-corrected chi connectivity index (χ3v) is 3.18. The summed E-state index contributed by atoms with van der Waals surface area (Å²) in [6.45, 7) is 3.62. The molecule has 1 N–H and O–H groups in total. The van der Waals surface area contributed by atoms with Gasteiger partial charge in [0.05, 0.1) is 17.4 Å². The number of nitrogens with zero attached hydrogens (tertiary/aromatic N) is 1. The van der Waals surface area contributed by atoms with E-state index in [2.05, 4.69) is 11.4 Å². The topological polar surface area (TPSA) is 45.0 Å². The summed E-state index contributed by atoms with van der Waals surface area (Å²) in [6.07, 6.45) is 3.81. The van der Waals surface area contributed by atoms with E-state index in [1.807, 2.05) is 25.1 Å². The molecule has 1 aliphatic heterocycles. The van der Waals surface area contributed by atoms with Crippen LogP contribution in [0.3, 0.4) is 0 Å². The van der Waals surface area contributed by atoms with Crippen molar-refractivity contribution in [1.82, 2.24) is 0 Å². The van der Waals surface area contributed by atoms with Gasteiger partial charge in [-0.3, -0.25) is 0 Å². The van der Waals surface area contributed by atoms with E-state index in [1.54, 1.807) is 0 Å². The van der Waals surface area contributed by atoms with Gasteiger partial charge in [0, 0.05) is 13.2 Å². The summed E-state index contributed by atoms with van der Waals surface area (Å²) in [6, 6.07) is 8.13. The first kappa shape index (κ1) is 11.9. The zero-order valence-corrected chi connectivity index (χ0v) is 10.2. The number of hydrogen-bond donors (Lipinski definition) is 1. The van der Waals surface area contributed by atoms with Gasteiger partial charge in [-0.05, 0) is 37.8 Å². The minimum atomic E-state index is 0.288. The predicted octanol–water partition coefficient (Wildman–Crippen LogP) is 2.85. The summed E-state index contributed by atoms with van der Waals surface area (Å²) < 4.78 is 5.66. The van der Waals surface area contributed by atoms with Crippen LogP contribution in [0.15, 0.2) is 18.2 Å². The molecule has 90 valence electrons. The van der Waals surface area contributed by atoms with Crippen LogP contribution in [0.1, 0.15) is 30.4 Å². The summed E-state index contributed by atoms with van der Waals surface area (Å²) >= 11 is 0. The summed E-state index contributed by atoms with van der Waals surface area (Å²) in [4.78, 5) is 0. The predicted molar refractivity (Wildman–Crippen MR) is 68.0 cm³/mol. The van der Waals surface area contributed by atoms with Crippen LogP contribution in [-0.2, 0) is 4.74 Å². The molecule has 1 aromatic carbocycles. The first-order valence-electron chi connectivity index (χ1n) is 6.16. The van der Waals surface area contributed by atoms with Crippen LogP contribution < -0.4 is 5.32 Å². The number of benzene rings is 1. The quantitative estimate of drug-likeness (QED) is 0.868. The van der Waals surface area contributed by atoms with Crippen LogP contribution in [-0.4, -0.2) is 19.3 Å². The van der Waals surface area contributed by atoms with E-state index in [-0.39, 0.29) is 6.10 Å². The fourth-order valence-corrected chi connectivity index (χ4v) is 2.16. The highest BCUT2D eigenvalue weighted by molar-refractivity contribution is 5.60. The van der Waals surface area contributed by atoms with Crippen molar-refractivity contribution in [2.45, 2.75) is 32.3 Å². The maximum Gasteiger partial charge on any atom is 0.102 e. The molecule has 1 saturated heterocycles. The van der Waals surface area contributed by atoms with E-state index in [0.717, 1.165) is 36.4 Å². The average Bonchev–Trinajstić information content (AvgIpc) is 2.37. The molecule has 2 rings (SSSR count). The van der Waals surface area contributed by atoms with E-state index in [4.69, 9.17) is 10.00 Å². The van der Waals surface area contributed by atoms with Crippen LogP contribution in [0.5, 0.6) is 0 Å². The SMILES string of the molecule is Cc1cccc(NCC2CCCCO2)c1C#N. The van der Waals surface area contributed by atoms with Crippen molar-refractivity contribution in [2.24, 2.45) is 0 Å². The van der Waals surface area contributed by atoms with Gasteiger partial charge in [-0.25, -0.2) is 0 Å². The number of hydrogen-bond acceptors (Lipinski definition) is 3. The first-order chi connectivity index (χ1) is 8.31. The van der Waals surface area contributed by atoms with Crippen molar-refractivity contribution in [1.29, 1.82) is 5.26 Å². The highest BCUT2D eigenvalue weighted by Gasteiger charge is 2.14. The fraction of sp³-hybridized carbons (Fsp3) is 0.500. The summed E-state index contributed by atoms with van der Waals surface area (Å²) in [5.41, 5.74) is 2.67. The number of anilines is 1. The van der Waals surface area contributed by atoms with Gasteiger partial charge in [-0.1, -0.05) is 12.1 Å². The van der Waals surface area contributed by atoms with Gasteiger partial charge in [0.2, 0.25) is 0 Å². The molecule has 0 amide bonds. The standard InChI is InChI=1S/C14H18N2O/c1-11-5-4-7-14(13(11)9-15)16-10-12-6-2-3-8-17-12/h4-5,7,12,16H,2-3,6,8,10H2,1H3. The van der Waals surface area contributed by atoms with Crippen molar-refractivity contribution in [3.63, 3.8) is 0 Å². The number of ether oxygens (including phenoxy) is 1. The van der Waals surface area contributed by atoms with E-state index in [0.29, 0.717) is 0 Å². The molecule has 17 heavy (non-hydrogen) atoms. The lowest BCUT2D eigenvalue weighted by molar-refractivity contribution is 0.0247. The lowest BCUT2D eigenvalue weighted by atomic mass is 10.1. The minimum absolute atomic E-state index is 0.288. The summed E-state index contributed by atoms with van der Waals surface area (Å²) in [5.74, 6) is 0. The molecule has 1 aliphatic rings. The molecular formula is C14H18N2O. The van der Waals surface area contributed by atoms with Crippen molar-refractivity contribution in [3.8, 4) is 6.07 Å². The summed E-state index contributed by atoms with van der Waals surface area (Å²) in [5, 5.41) is 12.4. The maximum atomic E-state index is 9.11. The average molecular weight is 230 g/mol. The Bertz CT molecular complexity index is 417. The molecular weight excluding hydrogens is 212 g/mol. The second-order valence-corrected chi connectivity index (χ2v) is 4.48. The molecule has 3 nitrogen and oxygen atoms in total. The first-order valence-corrected chi connectivity index (χ1v) is 6.16. The number of nitrogens with one attached hydrogen (secondary N) is 1. The molecule has 0 aromatic heterocycles. The van der Waals surface area contributed by atoms with E-state index >= 15 is 0 Å². The van der Waals surface area contributed by atoms with Crippen LogP contribution in [0.4, 0.5) is 5.69 Å². The Labute approximate surface area is 102 Å². The highest BCUT2D eigenvalue weighted by Crippen LogP contribution is 2.19. The van der Waals surface area contributed by atoms with Crippen molar-refractivity contribution in [2.75, 3.05) is 18.5 Å². The molecule has 0 spiro atoms. The number of nitriles is 1. The molecule has 0 radical (unpaired) electrons. The van der Waals surface area contributed by atoms with Gasteiger partial charge in [0.25, 0.3) is 0 Å². The number of rotatable bonds is 3. The van der Waals surface area contributed by atoms with Crippen LogP contribution in [0.2, 0.25) is 0 Å². The molecule has 1 fully saturated rings. The lowest BCUT2D eigenvalue weighted by Crippen LogP contribution is -2.27. The Morgan fingerprint density at radius 2 is 2.35 bits per heavy atom.